The molecule has 1 fully saturated rings. The van der Waals surface area contributed by atoms with Crippen LogP contribution < -0.4 is 11.1 Å². The third kappa shape index (κ3) is 2.88. The van der Waals surface area contributed by atoms with Crippen molar-refractivity contribution >= 4 is 27.8 Å². The zero-order valence-corrected chi connectivity index (χ0v) is 12.0. The summed E-state index contributed by atoms with van der Waals surface area (Å²) in [5.74, 6) is -0.0876. The summed E-state index contributed by atoms with van der Waals surface area (Å²) in [6.07, 6.45) is 2.07. The molecule has 2 heterocycles. The molecule has 0 spiro atoms. The lowest BCUT2D eigenvalue weighted by Gasteiger charge is -2.29. The van der Waals surface area contributed by atoms with Crippen molar-refractivity contribution in [2.45, 2.75) is 25.8 Å². The van der Waals surface area contributed by atoms with E-state index in [1.807, 2.05) is 0 Å². The standard InChI is InChI=1S/C13H18N4OS/c1-8(18)12-11(15)10(7-14)13(19-12)16-9-3-5-17(2)6-4-9/h9,16H,3-6,15H2,1-2H3. The molecule has 0 aliphatic carbocycles. The number of thiophene rings is 1. The van der Waals surface area contributed by atoms with E-state index in [0.717, 1.165) is 30.9 Å². The number of carbonyl (C=O) groups is 1. The SMILES string of the molecule is CC(=O)c1sc(NC2CCN(C)CC2)c(C#N)c1N. The number of hydrogen-bond acceptors (Lipinski definition) is 6. The first kappa shape index (κ1) is 13.8. The number of likely N-dealkylation sites (tertiary alicyclic amines) is 1. The second kappa shape index (κ2) is 5.59. The summed E-state index contributed by atoms with van der Waals surface area (Å²) in [5.41, 5.74) is 6.59. The number of nitrogens with one attached hydrogen (secondary N) is 1. The molecule has 1 saturated heterocycles. The Bertz CT molecular complexity index is 523. The Kier molecular flexibility index (Phi) is 4.08. The first-order valence-corrected chi connectivity index (χ1v) is 7.13. The van der Waals surface area contributed by atoms with E-state index in [4.69, 9.17) is 5.73 Å². The van der Waals surface area contributed by atoms with Gasteiger partial charge in [0.05, 0.1) is 10.6 Å². The molecule has 0 radical (unpaired) electrons. The van der Waals surface area contributed by atoms with Gasteiger partial charge < -0.3 is 16.0 Å². The van der Waals surface area contributed by atoms with Crippen LogP contribution in [-0.4, -0.2) is 36.9 Å². The van der Waals surface area contributed by atoms with E-state index >= 15 is 0 Å². The van der Waals surface area contributed by atoms with Crippen molar-refractivity contribution in [1.29, 1.82) is 5.26 Å². The second-order valence-electron chi connectivity index (χ2n) is 4.94. The minimum absolute atomic E-state index is 0.0876. The van der Waals surface area contributed by atoms with E-state index in [2.05, 4.69) is 23.3 Å². The van der Waals surface area contributed by atoms with Crippen molar-refractivity contribution in [3.8, 4) is 6.07 Å². The van der Waals surface area contributed by atoms with Gasteiger partial charge in [-0.2, -0.15) is 5.26 Å². The van der Waals surface area contributed by atoms with Gasteiger partial charge in [0.1, 0.15) is 16.6 Å². The highest BCUT2D eigenvalue weighted by molar-refractivity contribution is 7.19. The van der Waals surface area contributed by atoms with Gasteiger partial charge in [-0.1, -0.05) is 0 Å². The molecular formula is C13H18N4OS. The molecule has 1 aliphatic heterocycles. The maximum absolute atomic E-state index is 11.5. The lowest BCUT2D eigenvalue weighted by atomic mass is 10.1. The van der Waals surface area contributed by atoms with Crippen molar-refractivity contribution in [3.05, 3.63) is 10.4 Å². The van der Waals surface area contributed by atoms with Crippen LogP contribution in [0.25, 0.3) is 0 Å². The van der Waals surface area contributed by atoms with Gasteiger partial charge in [0.2, 0.25) is 0 Å². The molecule has 2 rings (SSSR count). The smallest absolute Gasteiger partial charge is 0.171 e. The molecule has 1 aromatic rings. The van der Waals surface area contributed by atoms with Crippen molar-refractivity contribution in [2.24, 2.45) is 0 Å². The van der Waals surface area contributed by atoms with Gasteiger partial charge in [0.25, 0.3) is 0 Å². The monoisotopic (exact) mass is 278 g/mol. The Hall–Kier alpha value is -1.58. The summed E-state index contributed by atoms with van der Waals surface area (Å²) in [7, 11) is 2.11. The minimum atomic E-state index is -0.0876. The highest BCUT2D eigenvalue weighted by Crippen LogP contribution is 2.36. The third-order valence-electron chi connectivity index (χ3n) is 3.43. The van der Waals surface area contributed by atoms with Crippen LogP contribution >= 0.6 is 11.3 Å². The van der Waals surface area contributed by atoms with Gasteiger partial charge >= 0.3 is 0 Å². The maximum Gasteiger partial charge on any atom is 0.171 e. The lowest BCUT2D eigenvalue weighted by molar-refractivity contribution is 0.102. The lowest BCUT2D eigenvalue weighted by Crippen LogP contribution is -2.36. The van der Waals surface area contributed by atoms with Crippen LogP contribution in [0.4, 0.5) is 10.7 Å². The fraction of sp³-hybridized carbons (Fsp3) is 0.538. The molecule has 0 bridgehead atoms. The highest BCUT2D eigenvalue weighted by atomic mass is 32.1. The van der Waals surface area contributed by atoms with Gasteiger partial charge in [-0.15, -0.1) is 11.3 Å². The van der Waals surface area contributed by atoms with Gasteiger partial charge in [0, 0.05) is 13.0 Å². The maximum atomic E-state index is 11.5. The fourth-order valence-electron chi connectivity index (χ4n) is 2.26. The molecular weight excluding hydrogens is 260 g/mol. The first-order valence-electron chi connectivity index (χ1n) is 6.31. The molecule has 102 valence electrons. The van der Waals surface area contributed by atoms with E-state index in [0.29, 0.717) is 22.2 Å². The molecule has 0 saturated carbocycles. The Morgan fingerprint density at radius 2 is 2.16 bits per heavy atom. The number of nitrogens with zero attached hydrogens (tertiary/aromatic N) is 2. The largest absolute Gasteiger partial charge is 0.396 e. The predicted octanol–water partition coefficient (Wildman–Crippen LogP) is 1.91. The fourth-order valence-corrected chi connectivity index (χ4v) is 3.30. The molecule has 0 atom stereocenters. The van der Waals surface area contributed by atoms with Crippen molar-refractivity contribution in [1.82, 2.24) is 4.90 Å². The summed E-state index contributed by atoms with van der Waals surface area (Å²) in [6, 6.07) is 2.45. The Morgan fingerprint density at radius 1 is 1.53 bits per heavy atom. The van der Waals surface area contributed by atoms with Gasteiger partial charge in [0.15, 0.2) is 5.78 Å². The van der Waals surface area contributed by atoms with Crippen molar-refractivity contribution in [3.63, 3.8) is 0 Å². The summed E-state index contributed by atoms with van der Waals surface area (Å²) < 4.78 is 0. The zero-order chi connectivity index (χ0) is 14.0. The molecule has 6 heteroatoms. The average Bonchev–Trinajstić information content (AvgIpc) is 2.68. The Balaban J connectivity index is 2.18. The van der Waals surface area contributed by atoms with Crippen LogP contribution in [0, 0.1) is 11.3 Å². The topological polar surface area (TPSA) is 82.2 Å². The number of hydrogen-bond donors (Lipinski definition) is 2. The first-order chi connectivity index (χ1) is 9.02. The van der Waals surface area contributed by atoms with E-state index in [1.165, 1.54) is 18.3 Å². The second-order valence-corrected chi connectivity index (χ2v) is 5.96. The number of piperidine rings is 1. The number of carbonyl (C=O) groups excluding carboxylic acids is 1. The number of nitrogen functional groups attached to an aromatic ring is 1. The number of rotatable bonds is 3. The number of nitrogens with two attached hydrogens (primary N) is 1. The summed E-state index contributed by atoms with van der Waals surface area (Å²) >= 11 is 1.29. The number of nitriles is 1. The molecule has 1 aromatic heterocycles. The van der Waals surface area contributed by atoms with Gasteiger partial charge in [-0.3, -0.25) is 4.79 Å². The summed E-state index contributed by atoms with van der Waals surface area (Å²) in [4.78, 5) is 14.2. The number of ketones is 1. The van der Waals surface area contributed by atoms with Crippen LogP contribution in [0.2, 0.25) is 0 Å². The molecule has 3 N–H and O–H groups in total. The van der Waals surface area contributed by atoms with Crippen LogP contribution in [0.3, 0.4) is 0 Å². The highest BCUT2D eigenvalue weighted by Gasteiger charge is 2.22. The summed E-state index contributed by atoms with van der Waals surface area (Å²) in [6.45, 7) is 3.56. The molecule has 0 unspecified atom stereocenters. The molecule has 19 heavy (non-hydrogen) atoms. The third-order valence-corrected chi connectivity index (χ3v) is 4.67. The zero-order valence-electron chi connectivity index (χ0n) is 11.2. The van der Waals surface area contributed by atoms with E-state index in [1.54, 1.807) is 0 Å². The predicted molar refractivity (Wildman–Crippen MR) is 77.6 cm³/mol. The quantitative estimate of drug-likeness (QED) is 0.825. The molecule has 0 amide bonds. The number of anilines is 2. The molecule has 5 nitrogen and oxygen atoms in total. The van der Waals surface area contributed by atoms with E-state index in [9.17, 15) is 10.1 Å². The van der Waals surface area contributed by atoms with Crippen LogP contribution in [-0.2, 0) is 0 Å². The van der Waals surface area contributed by atoms with Gasteiger partial charge in [-0.05, 0) is 33.0 Å². The van der Waals surface area contributed by atoms with E-state index in [-0.39, 0.29) is 5.78 Å². The van der Waals surface area contributed by atoms with Crippen LogP contribution in [0.15, 0.2) is 0 Å². The molecule has 1 aliphatic rings. The summed E-state index contributed by atoms with van der Waals surface area (Å²) in [5, 5.41) is 13.3. The van der Waals surface area contributed by atoms with Gasteiger partial charge in [-0.25, -0.2) is 0 Å². The van der Waals surface area contributed by atoms with E-state index < -0.39 is 0 Å². The average molecular weight is 278 g/mol. The Labute approximate surface area is 117 Å². The Morgan fingerprint density at radius 3 is 2.68 bits per heavy atom. The minimum Gasteiger partial charge on any atom is -0.396 e. The van der Waals surface area contributed by atoms with Crippen molar-refractivity contribution < 1.29 is 4.79 Å². The normalized spacial score (nSPS) is 17.1. The number of Topliss-reactive ketones (excluding diaryl/α,β-unsaturated/α-hetero) is 1. The molecule has 0 aromatic carbocycles. The van der Waals surface area contributed by atoms with Crippen molar-refractivity contribution in [2.75, 3.05) is 31.2 Å². The van der Waals surface area contributed by atoms with Crippen LogP contribution in [0.5, 0.6) is 0 Å². The van der Waals surface area contributed by atoms with Crippen LogP contribution in [0.1, 0.15) is 35.0 Å².